The van der Waals surface area contributed by atoms with Crippen molar-refractivity contribution in [2.75, 3.05) is 0 Å². The van der Waals surface area contributed by atoms with Gasteiger partial charge in [-0.2, -0.15) is 0 Å². The molecule has 2 aromatic carbocycles. The van der Waals surface area contributed by atoms with Gasteiger partial charge in [-0.15, -0.1) is 0 Å². The molecule has 4 nitrogen and oxygen atoms in total. The lowest BCUT2D eigenvalue weighted by Gasteiger charge is -1.98. The fraction of sp³-hybridized carbons (Fsp3) is 0.0588. The van der Waals surface area contributed by atoms with E-state index in [1.165, 1.54) is 0 Å². The highest BCUT2D eigenvalue weighted by atomic mass is 16.5. The number of rotatable bonds is 1. The summed E-state index contributed by atoms with van der Waals surface area (Å²) in [4.78, 5) is 12.2. The van der Waals surface area contributed by atoms with Crippen molar-refractivity contribution >= 4 is 21.9 Å². The Kier molecular flexibility index (Phi) is 2.44. The average molecular weight is 277 g/mol. The summed E-state index contributed by atoms with van der Waals surface area (Å²) < 4.78 is 10.8. The first-order valence-electron chi connectivity index (χ1n) is 6.62. The molecule has 102 valence electrons. The number of hydrogen-bond acceptors (Lipinski definition) is 4. The second-order valence-electron chi connectivity index (χ2n) is 4.99. The van der Waals surface area contributed by atoms with Gasteiger partial charge in [0.05, 0.1) is 5.39 Å². The smallest absolute Gasteiger partial charge is 0.349 e. The van der Waals surface area contributed by atoms with Crippen LogP contribution in [0.15, 0.2) is 62.3 Å². The van der Waals surface area contributed by atoms with E-state index >= 15 is 0 Å². The highest BCUT2D eigenvalue weighted by molar-refractivity contribution is 6.05. The number of benzene rings is 2. The lowest BCUT2D eigenvalue weighted by atomic mass is 10.1. The van der Waals surface area contributed by atoms with Crippen molar-refractivity contribution in [1.29, 1.82) is 0 Å². The molecule has 0 bridgehead atoms. The van der Waals surface area contributed by atoms with Crippen LogP contribution in [0.2, 0.25) is 0 Å². The Labute approximate surface area is 119 Å². The average Bonchev–Trinajstić information content (AvgIpc) is 2.94. The fourth-order valence-corrected chi connectivity index (χ4v) is 2.47. The largest absolute Gasteiger partial charge is 0.422 e. The second-order valence-corrected chi connectivity index (χ2v) is 4.99. The zero-order valence-electron chi connectivity index (χ0n) is 11.3. The summed E-state index contributed by atoms with van der Waals surface area (Å²) in [7, 11) is 0. The van der Waals surface area contributed by atoms with E-state index in [4.69, 9.17) is 8.94 Å². The molecule has 4 aromatic rings. The molecule has 21 heavy (non-hydrogen) atoms. The van der Waals surface area contributed by atoms with Gasteiger partial charge in [0, 0.05) is 5.56 Å². The molecule has 0 amide bonds. The molecule has 2 aromatic heterocycles. The third-order valence-electron chi connectivity index (χ3n) is 3.56. The lowest BCUT2D eigenvalue weighted by molar-refractivity contribution is 0.460. The minimum atomic E-state index is -0.430. The van der Waals surface area contributed by atoms with E-state index in [-0.39, 0.29) is 0 Å². The Balaban J connectivity index is 2.11. The summed E-state index contributed by atoms with van der Waals surface area (Å²) in [5.41, 5.74) is 3.04. The van der Waals surface area contributed by atoms with Gasteiger partial charge in [-0.1, -0.05) is 47.1 Å². The summed E-state index contributed by atoms with van der Waals surface area (Å²) in [6, 6.07) is 15.1. The van der Waals surface area contributed by atoms with Crippen LogP contribution in [0.25, 0.3) is 33.2 Å². The molecule has 0 fully saturated rings. The van der Waals surface area contributed by atoms with Gasteiger partial charge >= 0.3 is 5.63 Å². The van der Waals surface area contributed by atoms with Gasteiger partial charge in [-0.25, -0.2) is 4.79 Å². The third kappa shape index (κ3) is 1.76. The van der Waals surface area contributed by atoms with E-state index in [1.54, 1.807) is 6.07 Å². The quantitative estimate of drug-likeness (QED) is 0.495. The zero-order valence-corrected chi connectivity index (χ0v) is 11.3. The van der Waals surface area contributed by atoms with Crippen molar-refractivity contribution in [3.63, 3.8) is 0 Å². The van der Waals surface area contributed by atoms with Gasteiger partial charge in [-0.05, 0) is 19.1 Å². The Morgan fingerprint density at radius 3 is 2.57 bits per heavy atom. The molecule has 4 heteroatoms. The van der Waals surface area contributed by atoms with Crippen molar-refractivity contribution < 1.29 is 8.94 Å². The molecule has 0 aliphatic carbocycles. The Morgan fingerprint density at radius 1 is 1.00 bits per heavy atom. The SMILES string of the molecule is Cc1ccc(-c2noc3c2c(=O)oc2ccccc23)cc1. The molecule has 0 aliphatic heterocycles. The van der Waals surface area contributed by atoms with Gasteiger partial charge in [0.25, 0.3) is 0 Å². The molecule has 0 radical (unpaired) electrons. The van der Waals surface area contributed by atoms with Crippen LogP contribution in [-0.2, 0) is 0 Å². The maximum absolute atomic E-state index is 12.2. The molecule has 0 unspecified atom stereocenters. The van der Waals surface area contributed by atoms with Crippen LogP contribution in [0.5, 0.6) is 0 Å². The van der Waals surface area contributed by atoms with Crippen molar-refractivity contribution in [2.24, 2.45) is 0 Å². The fourth-order valence-electron chi connectivity index (χ4n) is 2.47. The van der Waals surface area contributed by atoms with Crippen molar-refractivity contribution in [3.05, 3.63) is 64.5 Å². The van der Waals surface area contributed by atoms with Crippen LogP contribution in [0.1, 0.15) is 5.56 Å². The maximum Gasteiger partial charge on any atom is 0.349 e. The van der Waals surface area contributed by atoms with Gasteiger partial charge in [0.1, 0.15) is 16.7 Å². The first-order valence-corrected chi connectivity index (χ1v) is 6.62. The Hall–Kier alpha value is -2.88. The first-order chi connectivity index (χ1) is 10.2. The van der Waals surface area contributed by atoms with Crippen molar-refractivity contribution in [1.82, 2.24) is 5.16 Å². The van der Waals surface area contributed by atoms with Crippen LogP contribution in [0.4, 0.5) is 0 Å². The molecule has 2 heterocycles. The number of hydrogen-bond donors (Lipinski definition) is 0. The van der Waals surface area contributed by atoms with E-state index in [1.807, 2.05) is 49.4 Å². The summed E-state index contributed by atoms with van der Waals surface area (Å²) >= 11 is 0. The van der Waals surface area contributed by atoms with E-state index in [0.29, 0.717) is 22.2 Å². The second kappa shape index (κ2) is 4.31. The topological polar surface area (TPSA) is 56.2 Å². The molecule has 0 aliphatic rings. The minimum absolute atomic E-state index is 0.387. The Bertz CT molecular complexity index is 1010. The van der Waals surface area contributed by atoms with Gasteiger partial charge in [-0.3, -0.25) is 0 Å². The molecule has 0 spiro atoms. The summed E-state index contributed by atoms with van der Waals surface area (Å²) in [6.07, 6.45) is 0. The highest BCUT2D eigenvalue weighted by Gasteiger charge is 2.18. The predicted molar refractivity (Wildman–Crippen MR) is 80.2 cm³/mol. The van der Waals surface area contributed by atoms with Gasteiger partial charge in [0.15, 0.2) is 5.58 Å². The number of nitrogens with zero attached hydrogens (tertiary/aromatic N) is 1. The van der Waals surface area contributed by atoms with Crippen LogP contribution >= 0.6 is 0 Å². The number of aryl methyl sites for hydroxylation is 1. The summed E-state index contributed by atoms with van der Waals surface area (Å²) in [6.45, 7) is 2.01. The molecule has 0 saturated heterocycles. The monoisotopic (exact) mass is 277 g/mol. The number of fused-ring (bicyclic) bond motifs is 3. The van der Waals surface area contributed by atoms with Gasteiger partial charge in [0.2, 0.25) is 0 Å². The molecule has 0 atom stereocenters. The molecule has 0 N–H and O–H groups in total. The minimum Gasteiger partial charge on any atom is -0.422 e. The molecule has 0 saturated carbocycles. The molecular weight excluding hydrogens is 266 g/mol. The van der Waals surface area contributed by atoms with Crippen LogP contribution in [0, 0.1) is 6.92 Å². The van der Waals surface area contributed by atoms with Crippen molar-refractivity contribution in [2.45, 2.75) is 6.92 Å². The van der Waals surface area contributed by atoms with Crippen LogP contribution in [0.3, 0.4) is 0 Å². The van der Waals surface area contributed by atoms with Gasteiger partial charge < -0.3 is 8.94 Å². The highest BCUT2D eigenvalue weighted by Crippen LogP contribution is 2.30. The van der Waals surface area contributed by atoms with Crippen molar-refractivity contribution in [3.8, 4) is 11.3 Å². The van der Waals surface area contributed by atoms with Crippen LogP contribution < -0.4 is 5.63 Å². The number of para-hydroxylation sites is 1. The van der Waals surface area contributed by atoms with Crippen LogP contribution in [-0.4, -0.2) is 5.16 Å². The van der Waals surface area contributed by atoms with E-state index in [2.05, 4.69) is 5.16 Å². The summed E-state index contributed by atoms with van der Waals surface area (Å²) in [5.74, 6) is 0. The van der Waals surface area contributed by atoms with E-state index < -0.39 is 5.63 Å². The standard InChI is InChI=1S/C17H11NO3/c1-10-6-8-11(9-7-10)15-14-16(21-18-15)12-4-2-3-5-13(12)20-17(14)19/h2-9H,1H3. The molecular formula is C17H11NO3. The Morgan fingerprint density at radius 2 is 1.76 bits per heavy atom. The predicted octanol–water partition coefficient (Wildman–Crippen LogP) is 3.91. The lowest BCUT2D eigenvalue weighted by Crippen LogP contribution is -1.99. The number of aromatic nitrogens is 1. The van der Waals surface area contributed by atoms with E-state index in [0.717, 1.165) is 16.5 Å². The maximum atomic E-state index is 12.2. The first kappa shape index (κ1) is 11.9. The summed E-state index contributed by atoms with van der Waals surface area (Å²) in [5, 5.41) is 5.21. The normalized spacial score (nSPS) is 11.3. The third-order valence-corrected chi connectivity index (χ3v) is 3.56. The molecule has 4 rings (SSSR count). The zero-order chi connectivity index (χ0) is 14.4. The van der Waals surface area contributed by atoms with E-state index in [9.17, 15) is 4.79 Å².